The lowest BCUT2D eigenvalue weighted by molar-refractivity contribution is 0.0708. The van der Waals surface area contributed by atoms with Gasteiger partial charge >= 0.3 is 17.1 Å². The second-order valence-electron chi connectivity index (χ2n) is 21.3. The summed E-state index contributed by atoms with van der Waals surface area (Å²) in [6.45, 7) is 30.1. The molecule has 9 nitrogen and oxygen atoms in total. The van der Waals surface area contributed by atoms with Gasteiger partial charge < -0.3 is 32.3 Å². The van der Waals surface area contributed by atoms with Gasteiger partial charge in [0.15, 0.2) is 11.6 Å². The molecule has 2 aliphatic heterocycles. The highest BCUT2D eigenvalue weighted by atomic mass is 79.9. The number of aliphatic hydroxyl groups is 1. The number of ketones is 2. The van der Waals surface area contributed by atoms with Crippen molar-refractivity contribution in [3.05, 3.63) is 54.5 Å². The molecule has 4 aromatic carbocycles. The molecule has 1 N–H and O–H groups in total. The first kappa shape index (κ1) is 45.9. The van der Waals surface area contributed by atoms with Gasteiger partial charge in [0, 0.05) is 48.5 Å². The number of halogens is 2. The lowest BCUT2D eigenvalue weighted by Gasteiger charge is -2.51. The number of methoxy groups -OCH3 is 2. The Morgan fingerprint density at radius 2 is 0.984 bits per heavy atom. The summed E-state index contributed by atoms with van der Waals surface area (Å²) >= 11 is 7.54. The quantitative estimate of drug-likeness (QED) is 0.196. The van der Waals surface area contributed by atoms with E-state index in [1.807, 2.05) is 6.92 Å². The maximum atomic E-state index is 13.3. The Balaban J connectivity index is 0.000000184. The molecule has 0 bridgehead atoms. The Morgan fingerprint density at radius 3 is 1.38 bits per heavy atom. The number of Topliss-reactive ketones (excluding diaryl/α,β-unsaturated/α-hetero) is 2. The topological polar surface area (TPSA) is 110 Å². The van der Waals surface area contributed by atoms with Crippen molar-refractivity contribution < 1.29 is 41.9 Å². The molecular weight excluding hydrogens is 936 g/mol. The molecule has 4 aliphatic rings. The van der Waals surface area contributed by atoms with Gasteiger partial charge in [0.1, 0.15) is 40.6 Å². The van der Waals surface area contributed by atoms with Crippen molar-refractivity contribution >= 4 is 82.1 Å². The molecule has 0 amide bonds. The first-order valence-electron chi connectivity index (χ1n) is 21.3. The van der Waals surface area contributed by atoms with Crippen LogP contribution in [-0.4, -0.2) is 54.1 Å². The van der Waals surface area contributed by atoms with Gasteiger partial charge in [-0.15, -0.1) is 0 Å². The van der Waals surface area contributed by atoms with Crippen molar-refractivity contribution in [2.24, 2.45) is 0 Å². The van der Waals surface area contributed by atoms with Crippen LogP contribution in [0.2, 0.25) is 20.2 Å². The Labute approximate surface area is 380 Å². The van der Waals surface area contributed by atoms with Gasteiger partial charge in [-0.1, -0.05) is 83.1 Å². The Kier molecular flexibility index (Phi) is 11.3. The smallest absolute Gasteiger partial charge is 0.471 e. The predicted octanol–water partition coefficient (Wildman–Crippen LogP) is 13.5. The van der Waals surface area contributed by atoms with Gasteiger partial charge in [0.25, 0.3) is 0 Å². The van der Waals surface area contributed by atoms with Crippen molar-refractivity contribution in [3.8, 4) is 34.5 Å². The van der Waals surface area contributed by atoms with E-state index >= 15 is 0 Å². The number of hydrogen-bond donors (Lipinski definition) is 1. The zero-order chi connectivity index (χ0) is 45.3. The van der Waals surface area contributed by atoms with Crippen LogP contribution in [0.3, 0.4) is 0 Å². The van der Waals surface area contributed by atoms with Crippen LogP contribution < -0.4 is 27.2 Å². The van der Waals surface area contributed by atoms with Crippen molar-refractivity contribution in [1.82, 2.24) is 0 Å². The largest absolute Gasteiger partial charge is 0.510 e. The zero-order valence-corrected chi connectivity index (χ0v) is 43.9. The van der Waals surface area contributed by atoms with Gasteiger partial charge in [-0.25, -0.2) is 0 Å². The molecule has 2 aliphatic carbocycles. The molecule has 4 aromatic rings. The summed E-state index contributed by atoms with van der Waals surface area (Å²) in [7, 11) is -2.61. The van der Waals surface area contributed by atoms with Crippen LogP contribution in [0.25, 0.3) is 21.5 Å². The summed E-state index contributed by atoms with van der Waals surface area (Å²) in [5.41, 5.74) is 5.07. The summed E-state index contributed by atoms with van der Waals surface area (Å²) in [6, 6.07) is 4.16. The average Bonchev–Trinajstić information content (AvgIpc) is 3.15. The van der Waals surface area contributed by atoms with Crippen molar-refractivity contribution in [2.45, 2.75) is 155 Å². The molecule has 1 unspecified atom stereocenters. The monoisotopic (exact) mass is 996 g/mol. The molecule has 0 saturated carbocycles. The van der Waals surface area contributed by atoms with Gasteiger partial charge in [0.05, 0.1) is 45.1 Å². The molecular formula is C48H62Br2O9Si2. The molecule has 0 spiro atoms. The average molecular weight is 999 g/mol. The van der Waals surface area contributed by atoms with Crippen molar-refractivity contribution in [3.63, 3.8) is 0 Å². The normalized spacial score (nSPS) is 19.1. The lowest BCUT2D eigenvalue weighted by Crippen LogP contribution is -2.63. The first-order valence-corrected chi connectivity index (χ1v) is 26.5. The number of carbonyl (C=O) groups excluding carboxylic acids is 2. The first-order chi connectivity index (χ1) is 28.1. The van der Waals surface area contributed by atoms with Crippen LogP contribution in [0.5, 0.6) is 34.5 Å². The molecule has 13 heteroatoms. The summed E-state index contributed by atoms with van der Waals surface area (Å²) in [5.74, 6) is 4.05. The molecule has 8 rings (SSSR count). The standard InChI is InChI=1S/C24H31BrO5Si.C24H31BrO4Si/c1-12-11-14-17-21(16-13(20(14)28-8)9-10-15(26)19(16)27)29-31(23(2,3)4,24(5,6)7)30-22(17)18(12)25;1-13-12-15-18-21(17-14(20(15)27-8)10-9-11-16(17)26)28-30(23(2,3)4,24(5,6)7)29-22(18)19(13)25/h11,15,26H,9-10H2,1-8H3;12H,9-11H2,1-8H3. The lowest BCUT2D eigenvalue weighted by atomic mass is 9.84. The van der Waals surface area contributed by atoms with Crippen LogP contribution in [0.4, 0.5) is 0 Å². The fraction of sp³-hybridized carbons (Fsp3) is 0.542. The molecule has 1 atom stereocenters. The van der Waals surface area contributed by atoms with Crippen molar-refractivity contribution in [1.29, 1.82) is 0 Å². The van der Waals surface area contributed by atoms with Gasteiger partial charge in [-0.2, -0.15) is 0 Å². The van der Waals surface area contributed by atoms with E-state index in [9.17, 15) is 14.7 Å². The van der Waals surface area contributed by atoms with Crippen LogP contribution in [-0.2, 0) is 12.8 Å². The van der Waals surface area contributed by atoms with Gasteiger partial charge in [-0.05, 0) is 94.7 Å². The minimum atomic E-state index is -3.01. The van der Waals surface area contributed by atoms with Crippen LogP contribution in [0.1, 0.15) is 145 Å². The van der Waals surface area contributed by atoms with Gasteiger partial charge in [-0.3, -0.25) is 9.59 Å². The fourth-order valence-corrected chi connectivity index (χ4v) is 20.6. The number of aryl methyl sites for hydroxylation is 2. The summed E-state index contributed by atoms with van der Waals surface area (Å²) in [4.78, 5) is 26.5. The minimum Gasteiger partial charge on any atom is -0.510 e. The molecule has 0 radical (unpaired) electrons. The number of ether oxygens (including phenoxy) is 2. The molecule has 330 valence electrons. The van der Waals surface area contributed by atoms with Crippen LogP contribution in [0.15, 0.2) is 21.1 Å². The van der Waals surface area contributed by atoms with E-state index in [1.165, 1.54) is 0 Å². The minimum absolute atomic E-state index is 0.140. The highest BCUT2D eigenvalue weighted by Gasteiger charge is 2.66. The van der Waals surface area contributed by atoms with E-state index in [2.05, 4.69) is 134 Å². The number of benzene rings is 4. The highest BCUT2D eigenvalue weighted by Crippen LogP contribution is 2.63. The maximum Gasteiger partial charge on any atom is 0.471 e. The number of aliphatic hydroxyl groups excluding tert-OH is 1. The molecule has 2 heterocycles. The second-order valence-corrected chi connectivity index (χ2v) is 32.2. The predicted molar refractivity (Wildman–Crippen MR) is 255 cm³/mol. The Bertz CT molecular complexity index is 2510. The number of fused-ring (bicyclic) bond motifs is 4. The molecule has 0 saturated heterocycles. The number of carbonyl (C=O) groups is 2. The Hall–Kier alpha value is -3.11. The summed E-state index contributed by atoms with van der Waals surface area (Å²) in [5, 5.41) is 12.9. The van der Waals surface area contributed by atoms with E-state index in [-0.39, 0.29) is 31.7 Å². The fourth-order valence-electron chi connectivity index (χ4n) is 10.5. The van der Waals surface area contributed by atoms with E-state index < -0.39 is 23.2 Å². The Morgan fingerprint density at radius 1 is 0.607 bits per heavy atom. The third-order valence-corrected chi connectivity index (χ3v) is 24.9. The molecule has 0 fully saturated rings. The second kappa shape index (κ2) is 15.0. The van der Waals surface area contributed by atoms with E-state index in [4.69, 9.17) is 27.2 Å². The van der Waals surface area contributed by atoms with Crippen LogP contribution in [0, 0.1) is 13.8 Å². The molecule has 61 heavy (non-hydrogen) atoms. The highest BCUT2D eigenvalue weighted by molar-refractivity contribution is 9.11. The summed E-state index contributed by atoms with van der Waals surface area (Å²) < 4.78 is 41.3. The van der Waals surface area contributed by atoms with E-state index in [0.29, 0.717) is 53.4 Å². The number of rotatable bonds is 2. The third-order valence-electron chi connectivity index (χ3n) is 13.0. The van der Waals surface area contributed by atoms with E-state index in [1.54, 1.807) is 14.2 Å². The van der Waals surface area contributed by atoms with E-state index in [0.717, 1.165) is 77.1 Å². The summed E-state index contributed by atoms with van der Waals surface area (Å²) in [6.07, 6.45) is 2.11. The maximum absolute atomic E-state index is 13.3. The molecule has 0 aromatic heterocycles. The number of hydrogen-bond acceptors (Lipinski definition) is 9. The SMILES string of the molecule is COc1c2c(c3c4c(c(Br)c(C)cc14)O[Si](C(C)(C)C)(C(C)(C)C)O3)C(=O)C(O)CC2.COc1c2c(c3c4c(c(Br)c(C)cc14)O[Si](C(C)(C)C)(C(C)(C)C)O3)C(=O)CCC2. The van der Waals surface area contributed by atoms with Crippen molar-refractivity contribution in [2.75, 3.05) is 14.2 Å². The third kappa shape index (κ3) is 6.71. The van der Waals surface area contributed by atoms with Crippen LogP contribution >= 0.6 is 31.9 Å². The van der Waals surface area contributed by atoms with Gasteiger partial charge in [0.2, 0.25) is 0 Å². The zero-order valence-electron chi connectivity index (χ0n) is 38.7.